The first-order valence-corrected chi connectivity index (χ1v) is 18.6. The quantitative estimate of drug-likeness (QED) is 0.108. The Labute approximate surface area is 341 Å². The van der Waals surface area contributed by atoms with Gasteiger partial charge in [0, 0.05) is 22.1 Å². The number of amides is 2. The maximum Gasteiger partial charge on any atom is 0.259 e. The lowest BCUT2D eigenvalue weighted by Gasteiger charge is -2.11. The number of benzene rings is 8. The largest absolute Gasteiger partial charge is 0.505 e. The number of fused-ring (bicyclic) bond motifs is 2. The smallest absolute Gasteiger partial charge is 0.259 e. The predicted octanol–water partition coefficient (Wildman–Crippen LogP) is 13.7. The number of phenols is 2. The van der Waals surface area contributed by atoms with Gasteiger partial charge in [-0.15, -0.1) is 20.5 Å². The van der Waals surface area contributed by atoms with Crippen LogP contribution in [-0.4, -0.2) is 22.0 Å². The topological polar surface area (TPSA) is 148 Å². The highest BCUT2D eigenvalue weighted by Gasteiger charge is 2.20. The van der Waals surface area contributed by atoms with Crippen LogP contribution < -0.4 is 10.6 Å². The zero-order chi connectivity index (χ0) is 40.2. The highest BCUT2D eigenvalue weighted by atomic mass is 35.5. The van der Waals surface area contributed by atoms with E-state index in [0.29, 0.717) is 44.3 Å². The minimum atomic E-state index is -0.496. The molecule has 0 radical (unpaired) electrons. The van der Waals surface area contributed by atoms with Gasteiger partial charge in [-0.05, 0) is 82.6 Å². The summed E-state index contributed by atoms with van der Waals surface area (Å²) in [6.45, 7) is 0. The molecule has 0 aliphatic heterocycles. The molecular formula is C46H30Cl2N6O4. The minimum absolute atomic E-state index is 0.0442. The molecule has 0 fully saturated rings. The molecule has 8 rings (SSSR count). The number of carbonyl (C=O) groups excluding carboxylic acids is 2. The van der Waals surface area contributed by atoms with Crippen molar-refractivity contribution in [3.05, 3.63) is 179 Å². The number of nitrogens with one attached hydrogen (secondary N) is 2. The van der Waals surface area contributed by atoms with Crippen molar-refractivity contribution in [2.45, 2.75) is 0 Å². The molecule has 0 heterocycles. The third kappa shape index (κ3) is 7.83. The van der Waals surface area contributed by atoms with Gasteiger partial charge in [-0.3, -0.25) is 9.59 Å². The molecular weight excluding hydrogens is 771 g/mol. The first-order chi connectivity index (χ1) is 28.2. The summed E-state index contributed by atoms with van der Waals surface area (Å²) < 4.78 is 0. The van der Waals surface area contributed by atoms with Crippen LogP contribution in [0.5, 0.6) is 11.5 Å². The number of anilines is 2. The molecule has 2 amide bonds. The third-order valence-corrected chi connectivity index (χ3v) is 9.89. The Kier molecular flexibility index (Phi) is 10.6. The second-order valence-corrected chi connectivity index (χ2v) is 13.9. The molecule has 8 aromatic carbocycles. The van der Waals surface area contributed by atoms with Gasteiger partial charge in [0.2, 0.25) is 0 Å². The number of phenolic OH excluding ortho intramolecular Hbond substituents is 2. The molecule has 0 spiro atoms. The minimum Gasteiger partial charge on any atom is -0.505 e. The van der Waals surface area contributed by atoms with E-state index in [0.717, 1.165) is 11.1 Å². The molecule has 0 saturated heterocycles. The van der Waals surface area contributed by atoms with E-state index in [2.05, 4.69) is 31.1 Å². The van der Waals surface area contributed by atoms with Gasteiger partial charge in [-0.1, -0.05) is 120 Å². The highest BCUT2D eigenvalue weighted by Crippen LogP contribution is 2.43. The molecule has 0 saturated carbocycles. The van der Waals surface area contributed by atoms with Gasteiger partial charge in [0.05, 0.1) is 21.2 Å². The Morgan fingerprint density at radius 1 is 0.448 bits per heavy atom. The van der Waals surface area contributed by atoms with E-state index in [4.69, 9.17) is 23.2 Å². The number of aromatic hydroxyl groups is 2. The molecule has 0 aliphatic rings. The summed E-state index contributed by atoms with van der Waals surface area (Å²) in [5.74, 6) is -1.63. The second kappa shape index (κ2) is 16.4. The Bertz CT molecular complexity index is 2740. The Hall–Kier alpha value is -7.40. The summed E-state index contributed by atoms with van der Waals surface area (Å²) in [5.41, 5.74) is 3.60. The lowest BCUT2D eigenvalue weighted by atomic mass is 10.0. The maximum atomic E-state index is 13.2. The fourth-order valence-electron chi connectivity index (χ4n) is 6.37. The van der Waals surface area contributed by atoms with Crippen molar-refractivity contribution in [1.82, 2.24) is 0 Å². The number of hydrogen-bond acceptors (Lipinski definition) is 8. The lowest BCUT2D eigenvalue weighted by Crippen LogP contribution is -2.12. The molecule has 0 bridgehead atoms. The summed E-state index contributed by atoms with van der Waals surface area (Å²) in [4.78, 5) is 26.4. The van der Waals surface area contributed by atoms with E-state index >= 15 is 0 Å². The standard InChI is InChI=1S/C46H30Cl2N6O4/c47-37-25-27(19-21-39(37)51-53-41-33-17-9-7-11-29(33)23-35(43(41)55)45(57)49-31-13-3-1-4-14-31)28-20-22-40(38(48)26-28)52-54-42-34-18-10-8-12-30(34)24-36(44(42)56)46(58)50-32-15-5-2-6-16-32/h1-26,55-56H,(H,49,57)(H,50,58)/b53-51+,54-52+. The van der Waals surface area contributed by atoms with Crippen LogP contribution >= 0.6 is 23.2 Å². The van der Waals surface area contributed by atoms with Gasteiger partial charge in [0.25, 0.3) is 11.8 Å². The average Bonchev–Trinajstić information content (AvgIpc) is 3.24. The van der Waals surface area contributed by atoms with E-state index in [1.165, 1.54) is 0 Å². The molecule has 8 aromatic rings. The summed E-state index contributed by atoms with van der Waals surface area (Å²) in [6, 6.07) is 46.0. The number of para-hydroxylation sites is 2. The van der Waals surface area contributed by atoms with E-state index < -0.39 is 11.8 Å². The molecule has 0 atom stereocenters. The van der Waals surface area contributed by atoms with Crippen molar-refractivity contribution in [2.75, 3.05) is 10.6 Å². The van der Waals surface area contributed by atoms with Crippen LogP contribution in [0.25, 0.3) is 32.7 Å². The summed E-state index contributed by atoms with van der Waals surface area (Å²) in [7, 11) is 0. The van der Waals surface area contributed by atoms with Gasteiger partial charge in [-0.2, -0.15) is 0 Å². The number of hydrogen-bond donors (Lipinski definition) is 4. The van der Waals surface area contributed by atoms with Gasteiger partial charge >= 0.3 is 0 Å². The van der Waals surface area contributed by atoms with Gasteiger partial charge < -0.3 is 20.8 Å². The lowest BCUT2D eigenvalue weighted by molar-refractivity contribution is 0.101. The van der Waals surface area contributed by atoms with Crippen LogP contribution in [0.1, 0.15) is 20.7 Å². The molecule has 0 aliphatic carbocycles. The van der Waals surface area contributed by atoms with Crippen LogP contribution in [0.3, 0.4) is 0 Å². The monoisotopic (exact) mass is 800 g/mol. The summed E-state index contributed by atoms with van der Waals surface area (Å²) in [5, 5.41) is 48.8. The number of rotatable bonds is 9. The average molecular weight is 802 g/mol. The van der Waals surface area contributed by atoms with E-state index in [1.54, 1.807) is 109 Å². The fourth-order valence-corrected chi connectivity index (χ4v) is 6.80. The van der Waals surface area contributed by atoms with Gasteiger partial charge in [0.1, 0.15) is 22.7 Å². The Morgan fingerprint density at radius 3 is 1.22 bits per heavy atom. The molecule has 0 unspecified atom stereocenters. The molecule has 58 heavy (non-hydrogen) atoms. The Balaban J connectivity index is 1.05. The van der Waals surface area contributed by atoms with Gasteiger partial charge in [0.15, 0.2) is 11.5 Å². The Morgan fingerprint density at radius 2 is 0.828 bits per heavy atom. The number of carbonyl (C=O) groups is 2. The highest BCUT2D eigenvalue weighted by molar-refractivity contribution is 6.34. The molecule has 10 nitrogen and oxygen atoms in total. The molecule has 12 heteroatoms. The SMILES string of the molecule is O=C(Nc1ccccc1)c1cc2ccccc2c(/N=N/c2ccc(-c3ccc(/N=N/c4c(O)c(C(=O)Nc5ccccc5)cc5ccccc45)c(Cl)c3)cc2Cl)c1O. The third-order valence-electron chi connectivity index (χ3n) is 9.29. The number of nitrogens with zero attached hydrogens (tertiary/aromatic N) is 4. The molecule has 4 N–H and O–H groups in total. The summed E-state index contributed by atoms with van der Waals surface area (Å²) >= 11 is 13.4. The molecule has 282 valence electrons. The normalized spacial score (nSPS) is 11.4. The first-order valence-electron chi connectivity index (χ1n) is 17.9. The van der Waals surface area contributed by atoms with E-state index in [1.807, 2.05) is 48.5 Å². The van der Waals surface area contributed by atoms with Gasteiger partial charge in [-0.25, -0.2) is 0 Å². The summed E-state index contributed by atoms with van der Waals surface area (Å²) in [6.07, 6.45) is 0. The second-order valence-electron chi connectivity index (χ2n) is 13.1. The number of azo groups is 2. The predicted molar refractivity (Wildman–Crippen MR) is 230 cm³/mol. The van der Waals surface area contributed by atoms with Crippen LogP contribution in [0, 0.1) is 0 Å². The van der Waals surface area contributed by atoms with Crippen molar-refractivity contribution in [3.8, 4) is 22.6 Å². The van der Waals surface area contributed by atoms with Crippen molar-refractivity contribution in [2.24, 2.45) is 20.5 Å². The number of halogens is 2. The van der Waals surface area contributed by atoms with Crippen molar-refractivity contribution >= 4 is 90.7 Å². The van der Waals surface area contributed by atoms with E-state index in [-0.39, 0.29) is 44.0 Å². The first kappa shape index (κ1) is 37.5. The van der Waals surface area contributed by atoms with Crippen molar-refractivity contribution in [3.63, 3.8) is 0 Å². The van der Waals surface area contributed by atoms with Crippen LogP contribution in [0.2, 0.25) is 10.0 Å². The van der Waals surface area contributed by atoms with Crippen LogP contribution in [0.4, 0.5) is 34.1 Å². The fraction of sp³-hybridized carbons (Fsp3) is 0. The van der Waals surface area contributed by atoms with Crippen LogP contribution in [0.15, 0.2) is 178 Å². The maximum absolute atomic E-state index is 13.2. The molecule has 0 aromatic heterocycles. The zero-order valence-corrected chi connectivity index (χ0v) is 31.8. The zero-order valence-electron chi connectivity index (χ0n) is 30.3. The van der Waals surface area contributed by atoms with E-state index in [9.17, 15) is 19.8 Å². The van der Waals surface area contributed by atoms with Crippen LogP contribution in [-0.2, 0) is 0 Å². The van der Waals surface area contributed by atoms with Crippen molar-refractivity contribution < 1.29 is 19.8 Å². The van der Waals surface area contributed by atoms with Crippen molar-refractivity contribution in [1.29, 1.82) is 0 Å².